The first-order valence-corrected chi connectivity index (χ1v) is 13.2. The summed E-state index contributed by atoms with van der Waals surface area (Å²) in [5.74, 6) is 0.787. The van der Waals surface area contributed by atoms with E-state index in [2.05, 4.69) is 22.4 Å². The summed E-state index contributed by atoms with van der Waals surface area (Å²) in [6, 6.07) is 17.8. The molecule has 2 aromatic carbocycles. The van der Waals surface area contributed by atoms with Gasteiger partial charge in [-0.3, -0.25) is 9.59 Å². The molecule has 5 rings (SSSR count). The van der Waals surface area contributed by atoms with Gasteiger partial charge in [-0.25, -0.2) is 4.98 Å². The van der Waals surface area contributed by atoms with Gasteiger partial charge in [-0.2, -0.15) is 0 Å². The third-order valence-electron chi connectivity index (χ3n) is 6.44. The number of pyridine rings is 1. The highest BCUT2D eigenvalue weighted by Crippen LogP contribution is 2.29. The van der Waals surface area contributed by atoms with Gasteiger partial charge < -0.3 is 16.0 Å². The average molecular weight is 535 g/mol. The number of nitrogens with one attached hydrogen (secondary N) is 1. The van der Waals surface area contributed by atoms with Crippen LogP contribution in [0.4, 0.5) is 11.5 Å². The predicted molar refractivity (Wildman–Crippen MR) is 153 cm³/mol. The van der Waals surface area contributed by atoms with E-state index >= 15 is 0 Å². The molecule has 1 saturated heterocycles. The van der Waals surface area contributed by atoms with Gasteiger partial charge in [0.15, 0.2) is 5.78 Å². The summed E-state index contributed by atoms with van der Waals surface area (Å²) in [6.07, 6.45) is 4.29. The molecule has 1 fully saturated rings. The Kier molecular flexibility index (Phi) is 8.59. The number of Topliss-reactive ketones (excluding diaryl/α,β-unsaturated/α-hetero) is 1. The number of anilines is 2. The van der Waals surface area contributed by atoms with Crippen LogP contribution in [0.5, 0.6) is 0 Å². The molecule has 0 unspecified atom stereocenters. The van der Waals surface area contributed by atoms with E-state index in [1.165, 1.54) is 11.3 Å². The van der Waals surface area contributed by atoms with E-state index in [0.717, 1.165) is 45.4 Å². The quantitative estimate of drug-likeness (QED) is 0.242. The number of aryl methyl sites for hydroxylation is 1. The molecule has 0 saturated carbocycles. The number of rotatable bonds is 9. The number of hydrogen-bond donors (Lipinski definition) is 2. The van der Waals surface area contributed by atoms with Gasteiger partial charge in [0, 0.05) is 54.6 Å². The summed E-state index contributed by atoms with van der Waals surface area (Å²) in [5, 5.41) is 5.98. The van der Waals surface area contributed by atoms with Gasteiger partial charge in [0.2, 0.25) is 5.91 Å². The van der Waals surface area contributed by atoms with E-state index in [-0.39, 0.29) is 19.1 Å². The van der Waals surface area contributed by atoms with Gasteiger partial charge >= 0.3 is 0 Å². The van der Waals surface area contributed by atoms with Crippen molar-refractivity contribution in [2.75, 3.05) is 17.2 Å². The Morgan fingerprint density at radius 2 is 1.97 bits per heavy atom. The second-order valence-electron chi connectivity index (χ2n) is 8.98. The summed E-state index contributed by atoms with van der Waals surface area (Å²) in [7, 11) is 0. The van der Waals surface area contributed by atoms with Crippen LogP contribution in [-0.2, 0) is 24.3 Å². The fraction of sp³-hybridized carbons (Fsp3) is 0.276. The normalized spacial score (nSPS) is 13.2. The third kappa shape index (κ3) is 6.18. The van der Waals surface area contributed by atoms with Crippen LogP contribution in [0.15, 0.2) is 60.8 Å². The number of nitrogen functional groups attached to an aromatic ring is 1. The molecular weight excluding hydrogens is 504 g/mol. The largest absolute Gasteiger partial charge is 0.383 e. The lowest BCUT2D eigenvalue weighted by Gasteiger charge is -2.16. The summed E-state index contributed by atoms with van der Waals surface area (Å²) in [4.78, 5) is 32.5. The van der Waals surface area contributed by atoms with E-state index in [9.17, 15) is 9.59 Å². The number of nitrogens with zero attached hydrogens (tertiary/aromatic N) is 2. The van der Waals surface area contributed by atoms with Gasteiger partial charge in [-0.15, -0.1) is 11.3 Å². The van der Waals surface area contributed by atoms with Crippen molar-refractivity contribution in [3.63, 3.8) is 0 Å². The number of amides is 1. The highest BCUT2D eigenvalue weighted by molar-refractivity contribution is 7.14. The number of fused-ring (bicyclic) bond motifs is 1. The van der Waals surface area contributed by atoms with Gasteiger partial charge in [0.05, 0.1) is 9.90 Å². The fourth-order valence-corrected chi connectivity index (χ4v) is 5.87. The zero-order chi connectivity index (χ0) is 25.1. The van der Waals surface area contributed by atoms with Crippen LogP contribution in [0.2, 0.25) is 5.02 Å². The molecule has 0 radical (unpaired) electrons. The van der Waals surface area contributed by atoms with Crippen molar-refractivity contribution >= 4 is 56.9 Å². The highest BCUT2D eigenvalue weighted by atomic mass is 35.5. The van der Waals surface area contributed by atoms with E-state index in [1.54, 1.807) is 12.3 Å². The average Bonchev–Trinajstić information content (AvgIpc) is 3.48. The lowest BCUT2D eigenvalue weighted by molar-refractivity contribution is -0.117. The number of hydrogen-bond acceptors (Lipinski definition) is 6. The molecule has 2 aromatic heterocycles. The first kappa shape index (κ1) is 26.8. The van der Waals surface area contributed by atoms with Crippen molar-refractivity contribution in [1.29, 1.82) is 0 Å². The van der Waals surface area contributed by atoms with Gasteiger partial charge in [0.1, 0.15) is 5.82 Å². The first-order chi connectivity index (χ1) is 17.5. The van der Waals surface area contributed by atoms with E-state index in [4.69, 9.17) is 17.3 Å². The van der Waals surface area contributed by atoms with Crippen molar-refractivity contribution in [1.82, 2.24) is 10.3 Å². The molecule has 37 heavy (non-hydrogen) atoms. The monoisotopic (exact) mass is 534 g/mol. The van der Waals surface area contributed by atoms with Crippen LogP contribution in [0, 0.1) is 0 Å². The lowest BCUT2D eigenvalue weighted by atomic mass is 10.0. The molecular formula is C29H31ClN4O2S. The molecule has 3 N–H and O–H groups in total. The number of nitrogens with two attached hydrogens (primary N) is 1. The minimum atomic E-state index is 0. The summed E-state index contributed by atoms with van der Waals surface area (Å²) >= 11 is 7.90. The zero-order valence-corrected chi connectivity index (χ0v) is 21.4. The number of carbonyl (C=O) groups is 2. The Hall–Kier alpha value is -3.26. The van der Waals surface area contributed by atoms with Gasteiger partial charge in [-0.1, -0.05) is 49.4 Å². The number of ketones is 1. The minimum absolute atomic E-state index is 0. The Labute approximate surface area is 226 Å². The van der Waals surface area contributed by atoms with Crippen LogP contribution in [0.3, 0.4) is 0 Å². The second kappa shape index (κ2) is 11.9. The minimum Gasteiger partial charge on any atom is -0.383 e. The zero-order valence-electron chi connectivity index (χ0n) is 19.8. The van der Waals surface area contributed by atoms with Crippen LogP contribution in [0.1, 0.15) is 52.4 Å². The van der Waals surface area contributed by atoms with Gasteiger partial charge in [-0.05, 0) is 53.6 Å². The van der Waals surface area contributed by atoms with E-state index < -0.39 is 0 Å². The van der Waals surface area contributed by atoms with Crippen LogP contribution >= 0.6 is 22.9 Å². The smallest absolute Gasteiger partial charge is 0.227 e. The number of halogens is 1. The second-order valence-corrected chi connectivity index (χ2v) is 10.5. The van der Waals surface area contributed by atoms with Crippen molar-refractivity contribution in [3.05, 3.63) is 86.7 Å². The number of benzene rings is 2. The maximum absolute atomic E-state index is 12.9. The van der Waals surface area contributed by atoms with Crippen LogP contribution < -0.4 is 16.0 Å². The Bertz CT molecular complexity index is 1430. The molecule has 8 heteroatoms. The maximum Gasteiger partial charge on any atom is 0.227 e. The first-order valence-electron chi connectivity index (χ1n) is 12.0. The van der Waals surface area contributed by atoms with E-state index in [0.29, 0.717) is 48.1 Å². The molecule has 1 aliphatic rings. The topological polar surface area (TPSA) is 88.3 Å². The SMILES string of the molecule is C.Nc1nccc2cc(CCC(=O)c3cc(Cl)c(CNCc4cccc(N5CCCC5=O)c4)s3)ccc12. The van der Waals surface area contributed by atoms with E-state index in [1.807, 2.05) is 41.3 Å². The molecule has 3 heterocycles. The molecule has 4 aromatic rings. The standard InChI is InChI=1S/C28H27ClN4O2S.CH4/c29-23-15-25(24(34)9-7-18-6-8-22-20(13-18)10-11-32-28(22)30)36-26(23)17-31-16-19-3-1-4-21(14-19)33-12-2-5-27(33)35;/h1,3-4,6,8,10-11,13-15,31H,2,5,7,9,12,16-17H2,(H2,30,32);1H4. The van der Waals surface area contributed by atoms with Gasteiger partial charge in [0.25, 0.3) is 0 Å². The molecule has 0 aliphatic carbocycles. The van der Waals surface area contributed by atoms with Crippen LogP contribution in [0.25, 0.3) is 10.8 Å². The molecule has 0 bridgehead atoms. The molecule has 0 atom stereocenters. The maximum atomic E-state index is 12.9. The predicted octanol–water partition coefficient (Wildman–Crippen LogP) is 6.40. The fourth-order valence-electron chi connectivity index (χ4n) is 4.53. The summed E-state index contributed by atoms with van der Waals surface area (Å²) in [6.45, 7) is 2.00. The lowest BCUT2D eigenvalue weighted by Crippen LogP contribution is -2.23. The third-order valence-corrected chi connectivity index (χ3v) is 8.07. The van der Waals surface area contributed by atoms with Crippen LogP contribution in [-0.4, -0.2) is 23.2 Å². The Morgan fingerprint density at radius 3 is 2.78 bits per heavy atom. The number of carbonyl (C=O) groups excluding carboxylic acids is 2. The molecule has 1 amide bonds. The van der Waals surface area contributed by atoms with Crippen molar-refractivity contribution in [2.24, 2.45) is 0 Å². The van der Waals surface area contributed by atoms with Crippen molar-refractivity contribution < 1.29 is 9.59 Å². The summed E-state index contributed by atoms with van der Waals surface area (Å²) < 4.78 is 0. The Balaban J connectivity index is 0.00000320. The highest BCUT2D eigenvalue weighted by Gasteiger charge is 2.21. The van der Waals surface area contributed by atoms with Crippen molar-refractivity contribution in [2.45, 2.75) is 46.2 Å². The molecule has 0 spiro atoms. The molecule has 6 nitrogen and oxygen atoms in total. The Morgan fingerprint density at radius 1 is 1.11 bits per heavy atom. The molecule has 1 aliphatic heterocycles. The van der Waals surface area contributed by atoms with Crippen molar-refractivity contribution in [3.8, 4) is 0 Å². The number of thiophene rings is 1. The summed E-state index contributed by atoms with van der Waals surface area (Å²) in [5.41, 5.74) is 9.07. The number of aromatic nitrogens is 1. The molecule has 192 valence electrons.